The molecule has 0 fully saturated rings. The van der Waals surface area contributed by atoms with E-state index in [9.17, 15) is 4.79 Å². The Morgan fingerprint density at radius 1 is 1.56 bits per heavy atom. The van der Waals surface area contributed by atoms with Crippen LogP contribution in [0.1, 0.15) is 19.0 Å². The number of nitrogens with one attached hydrogen (secondary N) is 1. The van der Waals surface area contributed by atoms with E-state index in [0.29, 0.717) is 19.6 Å². The van der Waals surface area contributed by atoms with Crippen molar-refractivity contribution in [2.75, 3.05) is 18.5 Å². The van der Waals surface area contributed by atoms with E-state index in [1.807, 2.05) is 13.0 Å². The molecule has 0 unspecified atom stereocenters. The summed E-state index contributed by atoms with van der Waals surface area (Å²) >= 11 is 0. The van der Waals surface area contributed by atoms with Crippen molar-refractivity contribution < 1.29 is 9.53 Å². The van der Waals surface area contributed by atoms with Crippen molar-refractivity contribution in [3.05, 3.63) is 24.2 Å². The normalized spacial score (nSPS) is 10.6. The molecular weight excluding hydrogens is 232 g/mol. The second-order valence-electron chi connectivity index (χ2n) is 3.87. The molecule has 1 N–H and O–H groups in total. The minimum absolute atomic E-state index is 0.207. The highest BCUT2D eigenvalue weighted by Crippen LogP contribution is 2.14. The zero-order valence-electron chi connectivity index (χ0n) is 10.5. The standard InChI is InChI=1S/C12H16N4O2/c1-3-18-11(17)4-5-13-12-10-8-9(2)15-16(10)7-6-14-12/h6-8H,3-5H2,1-2H3,(H,13,14). The van der Waals surface area contributed by atoms with Crippen LogP contribution in [0, 0.1) is 6.92 Å². The second kappa shape index (κ2) is 5.48. The molecule has 2 rings (SSSR count). The summed E-state index contributed by atoms with van der Waals surface area (Å²) < 4.78 is 6.61. The van der Waals surface area contributed by atoms with Gasteiger partial charge in [-0.05, 0) is 19.9 Å². The van der Waals surface area contributed by atoms with E-state index in [4.69, 9.17) is 4.74 Å². The fourth-order valence-corrected chi connectivity index (χ4v) is 1.70. The van der Waals surface area contributed by atoms with Crippen LogP contribution in [-0.2, 0) is 9.53 Å². The minimum Gasteiger partial charge on any atom is -0.466 e. The Balaban J connectivity index is 2.01. The number of fused-ring (bicyclic) bond motifs is 1. The minimum atomic E-state index is -0.207. The SMILES string of the molecule is CCOC(=O)CCNc1nccn2nc(C)cc12. The first kappa shape index (κ1) is 12.3. The quantitative estimate of drug-likeness (QED) is 0.810. The van der Waals surface area contributed by atoms with Crippen molar-refractivity contribution in [1.29, 1.82) is 0 Å². The van der Waals surface area contributed by atoms with E-state index in [0.717, 1.165) is 17.0 Å². The van der Waals surface area contributed by atoms with Gasteiger partial charge in [-0.15, -0.1) is 0 Å². The smallest absolute Gasteiger partial charge is 0.307 e. The first-order chi connectivity index (χ1) is 8.70. The molecule has 0 bridgehead atoms. The molecule has 0 aliphatic carbocycles. The Labute approximate surface area is 105 Å². The molecule has 2 heterocycles. The van der Waals surface area contributed by atoms with Gasteiger partial charge in [0.2, 0.25) is 0 Å². The summed E-state index contributed by atoms with van der Waals surface area (Å²) in [6, 6.07) is 1.94. The Kier molecular flexibility index (Phi) is 3.76. The molecule has 0 radical (unpaired) electrons. The number of carbonyl (C=O) groups is 1. The van der Waals surface area contributed by atoms with Crippen LogP contribution in [0.3, 0.4) is 0 Å². The third-order valence-corrected chi connectivity index (χ3v) is 2.44. The van der Waals surface area contributed by atoms with Crippen LogP contribution in [-0.4, -0.2) is 33.7 Å². The third kappa shape index (κ3) is 2.77. The lowest BCUT2D eigenvalue weighted by Gasteiger charge is -2.06. The fraction of sp³-hybridized carbons (Fsp3) is 0.417. The summed E-state index contributed by atoms with van der Waals surface area (Å²) in [6.07, 6.45) is 3.79. The molecule has 2 aromatic rings. The number of hydrogen-bond donors (Lipinski definition) is 1. The molecule has 0 aliphatic heterocycles. The zero-order chi connectivity index (χ0) is 13.0. The third-order valence-electron chi connectivity index (χ3n) is 2.44. The van der Waals surface area contributed by atoms with Gasteiger partial charge in [-0.1, -0.05) is 0 Å². The van der Waals surface area contributed by atoms with Gasteiger partial charge >= 0.3 is 5.97 Å². The molecule has 96 valence electrons. The molecule has 0 aliphatic rings. The first-order valence-electron chi connectivity index (χ1n) is 5.91. The molecule has 0 amide bonds. The number of esters is 1. The average molecular weight is 248 g/mol. The van der Waals surface area contributed by atoms with Gasteiger partial charge in [0.15, 0.2) is 5.82 Å². The maximum Gasteiger partial charge on any atom is 0.307 e. The maximum atomic E-state index is 11.2. The van der Waals surface area contributed by atoms with Crippen LogP contribution < -0.4 is 5.32 Å². The fourth-order valence-electron chi connectivity index (χ4n) is 1.70. The van der Waals surface area contributed by atoms with Gasteiger partial charge in [0, 0.05) is 18.9 Å². The molecule has 0 saturated heterocycles. The van der Waals surface area contributed by atoms with Gasteiger partial charge in [0.05, 0.1) is 18.7 Å². The number of aromatic nitrogens is 3. The average Bonchev–Trinajstić information content (AvgIpc) is 2.70. The van der Waals surface area contributed by atoms with Crippen LogP contribution in [0.5, 0.6) is 0 Å². The van der Waals surface area contributed by atoms with Crippen molar-refractivity contribution in [2.45, 2.75) is 20.3 Å². The molecule has 0 saturated carbocycles. The molecule has 6 heteroatoms. The van der Waals surface area contributed by atoms with E-state index >= 15 is 0 Å². The molecular formula is C12H16N4O2. The van der Waals surface area contributed by atoms with E-state index < -0.39 is 0 Å². The summed E-state index contributed by atoms with van der Waals surface area (Å²) in [5.74, 6) is 0.518. The molecule has 0 atom stereocenters. The number of anilines is 1. The van der Waals surface area contributed by atoms with E-state index in [2.05, 4.69) is 15.4 Å². The maximum absolute atomic E-state index is 11.2. The van der Waals surface area contributed by atoms with Crippen molar-refractivity contribution >= 4 is 17.3 Å². The Morgan fingerprint density at radius 2 is 2.39 bits per heavy atom. The van der Waals surface area contributed by atoms with Gasteiger partial charge < -0.3 is 10.1 Å². The number of aryl methyl sites for hydroxylation is 1. The van der Waals surface area contributed by atoms with Gasteiger partial charge in [-0.2, -0.15) is 5.10 Å². The molecule has 2 aromatic heterocycles. The number of rotatable bonds is 5. The van der Waals surface area contributed by atoms with Gasteiger partial charge in [-0.3, -0.25) is 4.79 Å². The number of ether oxygens (including phenoxy) is 1. The van der Waals surface area contributed by atoms with Gasteiger partial charge in [0.25, 0.3) is 0 Å². The predicted molar refractivity (Wildman–Crippen MR) is 67.5 cm³/mol. The van der Waals surface area contributed by atoms with Crippen LogP contribution in [0.2, 0.25) is 0 Å². The van der Waals surface area contributed by atoms with Crippen molar-refractivity contribution in [1.82, 2.24) is 14.6 Å². The summed E-state index contributed by atoms with van der Waals surface area (Å²) in [6.45, 7) is 4.63. The summed E-state index contributed by atoms with van der Waals surface area (Å²) in [7, 11) is 0. The number of hydrogen-bond acceptors (Lipinski definition) is 5. The number of nitrogens with zero attached hydrogens (tertiary/aromatic N) is 3. The van der Waals surface area contributed by atoms with Crippen LogP contribution in [0.25, 0.3) is 5.52 Å². The van der Waals surface area contributed by atoms with Crippen LogP contribution in [0.15, 0.2) is 18.5 Å². The van der Waals surface area contributed by atoms with Crippen molar-refractivity contribution in [3.63, 3.8) is 0 Å². The largest absolute Gasteiger partial charge is 0.466 e. The molecule has 6 nitrogen and oxygen atoms in total. The summed E-state index contributed by atoms with van der Waals surface area (Å²) in [5.41, 5.74) is 1.83. The van der Waals surface area contributed by atoms with E-state index in [1.165, 1.54) is 0 Å². The van der Waals surface area contributed by atoms with Crippen LogP contribution >= 0.6 is 0 Å². The van der Waals surface area contributed by atoms with Crippen molar-refractivity contribution in [2.24, 2.45) is 0 Å². The Hall–Kier alpha value is -2.11. The monoisotopic (exact) mass is 248 g/mol. The van der Waals surface area contributed by atoms with Gasteiger partial charge in [0.1, 0.15) is 5.52 Å². The summed E-state index contributed by atoms with van der Waals surface area (Å²) in [4.78, 5) is 15.4. The topological polar surface area (TPSA) is 68.5 Å². The Morgan fingerprint density at radius 3 is 3.17 bits per heavy atom. The number of carbonyl (C=O) groups excluding carboxylic acids is 1. The highest BCUT2D eigenvalue weighted by atomic mass is 16.5. The van der Waals surface area contributed by atoms with E-state index in [1.54, 1.807) is 23.8 Å². The highest BCUT2D eigenvalue weighted by molar-refractivity contribution is 5.71. The molecule has 0 spiro atoms. The lowest BCUT2D eigenvalue weighted by atomic mass is 10.4. The Bertz CT molecular complexity index is 550. The van der Waals surface area contributed by atoms with E-state index in [-0.39, 0.29) is 5.97 Å². The lowest BCUT2D eigenvalue weighted by molar-refractivity contribution is -0.142. The highest BCUT2D eigenvalue weighted by Gasteiger charge is 2.06. The molecule has 0 aromatic carbocycles. The summed E-state index contributed by atoms with van der Waals surface area (Å²) in [5, 5.41) is 7.41. The predicted octanol–water partition coefficient (Wildman–Crippen LogP) is 1.40. The second-order valence-corrected chi connectivity index (χ2v) is 3.87. The first-order valence-corrected chi connectivity index (χ1v) is 5.91. The zero-order valence-corrected chi connectivity index (χ0v) is 10.5. The van der Waals surface area contributed by atoms with Crippen LogP contribution in [0.4, 0.5) is 5.82 Å². The lowest BCUT2D eigenvalue weighted by Crippen LogP contribution is -2.12. The molecule has 18 heavy (non-hydrogen) atoms. The van der Waals surface area contributed by atoms with Crippen molar-refractivity contribution in [3.8, 4) is 0 Å². The van der Waals surface area contributed by atoms with Gasteiger partial charge in [-0.25, -0.2) is 9.50 Å².